The van der Waals surface area contributed by atoms with Gasteiger partial charge in [-0.25, -0.2) is 0 Å². The maximum atomic E-state index is 13.1. The number of nitrogens with zero attached hydrogens (tertiary/aromatic N) is 1. The first kappa shape index (κ1) is 24.4. The van der Waals surface area contributed by atoms with Gasteiger partial charge in [0.15, 0.2) is 0 Å². The van der Waals surface area contributed by atoms with Gasteiger partial charge in [-0.15, -0.1) is 0 Å². The summed E-state index contributed by atoms with van der Waals surface area (Å²) >= 11 is 12.2. The van der Waals surface area contributed by atoms with Crippen molar-refractivity contribution >= 4 is 46.0 Å². The zero-order valence-corrected chi connectivity index (χ0v) is 20.6. The van der Waals surface area contributed by atoms with Crippen molar-refractivity contribution in [2.24, 2.45) is 11.8 Å². The summed E-state index contributed by atoms with van der Waals surface area (Å²) in [6.45, 7) is 1.59. The first-order chi connectivity index (χ1) is 16.4. The third kappa shape index (κ3) is 5.86. The number of methoxy groups -OCH3 is 1. The second kappa shape index (κ2) is 11.2. The Morgan fingerprint density at radius 2 is 1.76 bits per heavy atom. The van der Waals surface area contributed by atoms with E-state index in [-0.39, 0.29) is 17.8 Å². The number of rotatable bonds is 8. The van der Waals surface area contributed by atoms with Crippen LogP contribution in [-0.2, 0) is 16.1 Å². The van der Waals surface area contributed by atoms with Crippen molar-refractivity contribution in [3.63, 3.8) is 0 Å². The number of carbonyl (C=O) groups is 2. The Morgan fingerprint density at radius 3 is 2.47 bits per heavy atom. The lowest BCUT2D eigenvalue weighted by Crippen LogP contribution is -2.33. The number of nitrogens with one attached hydrogen (secondary N) is 1. The number of amides is 1. The molecule has 0 atom stereocenters. The Kier molecular flexibility index (Phi) is 8.01. The van der Waals surface area contributed by atoms with Gasteiger partial charge in [-0.2, -0.15) is 0 Å². The lowest BCUT2D eigenvalue weighted by molar-refractivity contribution is -0.146. The molecule has 0 radical (unpaired) electrons. The normalized spacial score (nSPS) is 18.0. The SMILES string of the molecule is COC(=O)[C@H]1CC[C@H](CNC(=O)c2cc(Cl)cc3ccn(CCOc4ccc(Cl)cc4)c23)CC1. The minimum absolute atomic E-state index is 0.0251. The van der Waals surface area contributed by atoms with Gasteiger partial charge >= 0.3 is 5.97 Å². The third-order valence-corrected chi connectivity index (χ3v) is 6.89. The molecule has 1 fully saturated rings. The van der Waals surface area contributed by atoms with E-state index in [0.29, 0.717) is 41.2 Å². The van der Waals surface area contributed by atoms with Gasteiger partial charge in [0.2, 0.25) is 0 Å². The number of ether oxygens (including phenoxy) is 2. The molecule has 2 aromatic carbocycles. The molecule has 0 unspecified atom stereocenters. The number of carbonyl (C=O) groups excluding carboxylic acids is 2. The lowest BCUT2D eigenvalue weighted by atomic mass is 9.82. The third-order valence-electron chi connectivity index (χ3n) is 6.42. The van der Waals surface area contributed by atoms with Crippen LogP contribution in [0.3, 0.4) is 0 Å². The van der Waals surface area contributed by atoms with Gasteiger partial charge in [0.25, 0.3) is 5.91 Å². The second-order valence-electron chi connectivity index (χ2n) is 8.65. The van der Waals surface area contributed by atoms with E-state index in [4.69, 9.17) is 32.7 Å². The largest absolute Gasteiger partial charge is 0.492 e. The number of benzene rings is 2. The first-order valence-corrected chi connectivity index (χ1v) is 12.2. The molecule has 6 nitrogen and oxygen atoms in total. The zero-order valence-electron chi connectivity index (χ0n) is 19.1. The molecule has 1 aromatic heterocycles. The zero-order chi connectivity index (χ0) is 24.1. The average Bonchev–Trinajstić information content (AvgIpc) is 3.25. The Balaban J connectivity index is 1.40. The molecule has 4 rings (SSSR count). The number of hydrogen-bond donors (Lipinski definition) is 1. The van der Waals surface area contributed by atoms with Crippen LogP contribution in [0.2, 0.25) is 10.0 Å². The highest BCUT2D eigenvalue weighted by molar-refractivity contribution is 6.32. The minimum atomic E-state index is -0.152. The minimum Gasteiger partial charge on any atom is -0.492 e. The van der Waals surface area contributed by atoms with Gasteiger partial charge in [0.1, 0.15) is 12.4 Å². The van der Waals surface area contributed by atoms with Gasteiger partial charge in [-0.1, -0.05) is 23.2 Å². The summed E-state index contributed by atoms with van der Waals surface area (Å²) in [4.78, 5) is 24.9. The fourth-order valence-electron chi connectivity index (χ4n) is 4.57. The molecule has 1 aliphatic carbocycles. The molecule has 1 amide bonds. The van der Waals surface area contributed by atoms with E-state index in [1.807, 2.05) is 35.0 Å². The quantitative estimate of drug-likeness (QED) is 0.399. The van der Waals surface area contributed by atoms with Gasteiger partial charge < -0.3 is 19.4 Å². The van der Waals surface area contributed by atoms with Crippen molar-refractivity contribution < 1.29 is 19.1 Å². The summed E-state index contributed by atoms with van der Waals surface area (Å²) in [6.07, 6.45) is 5.32. The average molecular weight is 503 g/mol. The lowest BCUT2D eigenvalue weighted by Gasteiger charge is -2.27. The van der Waals surface area contributed by atoms with Crippen molar-refractivity contribution in [2.45, 2.75) is 32.2 Å². The summed E-state index contributed by atoms with van der Waals surface area (Å²) in [5.74, 6) is 0.775. The molecule has 1 N–H and O–H groups in total. The molecule has 1 saturated carbocycles. The topological polar surface area (TPSA) is 69.6 Å². The van der Waals surface area contributed by atoms with E-state index in [0.717, 1.165) is 42.3 Å². The van der Waals surface area contributed by atoms with Gasteiger partial charge in [0.05, 0.1) is 30.7 Å². The van der Waals surface area contributed by atoms with Crippen LogP contribution in [-0.4, -0.2) is 36.7 Å². The predicted octanol–water partition coefficient (Wildman–Crippen LogP) is 5.74. The van der Waals surface area contributed by atoms with Crippen LogP contribution in [0, 0.1) is 11.8 Å². The Hall–Kier alpha value is -2.70. The van der Waals surface area contributed by atoms with E-state index in [9.17, 15) is 9.59 Å². The fourth-order valence-corrected chi connectivity index (χ4v) is 4.92. The predicted molar refractivity (Wildman–Crippen MR) is 134 cm³/mol. The molecule has 1 aliphatic rings. The van der Waals surface area contributed by atoms with Crippen molar-refractivity contribution in [3.8, 4) is 5.75 Å². The molecule has 8 heteroatoms. The van der Waals surface area contributed by atoms with Crippen molar-refractivity contribution in [1.29, 1.82) is 0 Å². The number of halogens is 2. The monoisotopic (exact) mass is 502 g/mol. The van der Waals surface area contributed by atoms with Gasteiger partial charge in [0, 0.05) is 28.2 Å². The molecular weight excluding hydrogens is 475 g/mol. The standard InChI is InChI=1S/C26H28Cl2N2O4/c1-33-26(32)18-4-2-17(3-5-18)16-29-25(31)23-15-21(28)14-19-10-11-30(24(19)23)12-13-34-22-8-6-20(27)7-9-22/h6-11,14-15,17-18H,2-5,12-13,16H2,1H3,(H,29,31)/t17-,18-. The van der Waals surface area contributed by atoms with Crippen LogP contribution in [0.1, 0.15) is 36.0 Å². The van der Waals surface area contributed by atoms with E-state index in [1.54, 1.807) is 18.2 Å². The number of hydrogen-bond acceptors (Lipinski definition) is 4. The van der Waals surface area contributed by atoms with E-state index < -0.39 is 0 Å². The number of fused-ring (bicyclic) bond motifs is 1. The van der Waals surface area contributed by atoms with E-state index in [2.05, 4.69) is 5.32 Å². The highest BCUT2D eigenvalue weighted by Gasteiger charge is 2.27. The number of aromatic nitrogens is 1. The number of esters is 1. The summed E-state index contributed by atoms with van der Waals surface area (Å²) in [6, 6.07) is 12.8. The van der Waals surface area contributed by atoms with E-state index >= 15 is 0 Å². The Morgan fingerprint density at radius 1 is 1.03 bits per heavy atom. The Labute approximate surface area is 209 Å². The summed E-state index contributed by atoms with van der Waals surface area (Å²) in [5.41, 5.74) is 1.37. The van der Waals surface area contributed by atoms with Crippen molar-refractivity contribution in [1.82, 2.24) is 9.88 Å². The smallest absolute Gasteiger partial charge is 0.308 e. The highest BCUT2D eigenvalue weighted by atomic mass is 35.5. The van der Waals surface area contributed by atoms with Crippen molar-refractivity contribution in [3.05, 3.63) is 64.3 Å². The molecule has 0 spiro atoms. The summed E-state index contributed by atoms with van der Waals surface area (Å²) in [7, 11) is 1.43. The maximum Gasteiger partial charge on any atom is 0.308 e. The van der Waals surface area contributed by atoms with Crippen LogP contribution in [0.5, 0.6) is 5.75 Å². The van der Waals surface area contributed by atoms with Crippen LogP contribution in [0.25, 0.3) is 10.9 Å². The summed E-state index contributed by atoms with van der Waals surface area (Å²) in [5, 5.41) is 5.16. The van der Waals surface area contributed by atoms with Gasteiger partial charge in [-0.3, -0.25) is 9.59 Å². The maximum absolute atomic E-state index is 13.1. The van der Waals surface area contributed by atoms with Crippen LogP contribution < -0.4 is 10.1 Å². The van der Waals surface area contributed by atoms with Crippen LogP contribution in [0.4, 0.5) is 0 Å². The molecule has 3 aromatic rings. The molecule has 180 valence electrons. The van der Waals surface area contributed by atoms with Gasteiger partial charge in [-0.05, 0) is 74.1 Å². The fraction of sp³-hybridized carbons (Fsp3) is 0.385. The van der Waals surface area contributed by atoms with Crippen molar-refractivity contribution in [2.75, 3.05) is 20.3 Å². The van der Waals surface area contributed by atoms with E-state index in [1.165, 1.54) is 7.11 Å². The first-order valence-electron chi connectivity index (χ1n) is 11.5. The molecular formula is C26H28Cl2N2O4. The van der Waals surface area contributed by atoms with Crippen LogP contribution in [0.15, 0.2) is 48.7 Å². The highest BCUT2D eigenvalue weighted by Crippen LogP contribution is 2.30. The molecule has 34 heavy (non-hydrogen) atoms. The summed E-state index contributed by atoms with van der Waals surface area (Å²) < 4.78 is 12.7. The molecule has 1 heterocycles. The Bertz CT molecular complexity index is 1150. The molecule has 0 bridgehead atoms. The molecule has 0 aliphatic heterocycles. The molecule has 0 saturated heterocycles. The second-order valence-corrected chi connectivity index (χ2v) is 9.53. The van der Waals surface area contributed by atoms with Crippen LogP contribution >= 0.6 is 23.2 Å².